The zero-order valence-electron chi connectivity index (χ0n) is 35.6. The first-order valence-corrected chi connectivity index (χ1v) is 21.0. The lowest BCUT2D eigenvalue weighted by Crippen LogP contribution is -2.54. The predicted octanol–water partition coefficient (Wildman–Crippen LogP) is 7.26. The maximum atomic E-state index is 15.5. The molecule has 2 saturated heterocycles. The fourth-order valence-electron chi connectivity index (χ4n) is 8.61. The zero-order chi connectivity index (χ0) is 44.7. The van der Waals surface area contributed by atoms with Crippen molar-refractivity contribution in [3.8, 4) is 11.5 Å². The summed E-state index contributed by atoms with van der Waals surface area (Å²) >= 11 is 0. The molecule has 2 fully saturated rings. The van der Waals surface area contributed by atoms with Crippen molar-refractivity contribution in [2.24, 2.45) is 17.8 Å². The highest BCUT2D eigenvalue weighted by atomic mass is 19.3. The Hall–Kier alpha value is -4.93. The van der Waals surface area contributed by atoms with Gasteiger partial charge in [0, 0.05) is 60.7 Å². The van der Waals surface area contributed by atoms with Gasteiger partial charge in [-0.05, 0) is 75.0 Å². The zero-order valence-corrected chi connectivity index (χ0v) is 35.6. The van der Waals surface area contributed by atoms with Crippen molar-refractivity contribution in [3.63, 3.8) is 0 Å². The summed E-state index contributed by atoms with van der Waals surface area (Å²) in [6.07, 6.45) is -1.03. The van der Waals surface area contributed by atoms with Crippen molar-refractivity contribution in [1.29, 1.82) is 0 Å². The number of carbonyl (C=O) groups is 4. The Morgan fingerprint density at radius 3 is 2.11 bits per heavy atom. The maximum absolute atomic E-state index is 15.5. The van der Waals surface area contributed by atoms with Crippen LogP contribution in [0.2, 0.25) is 0 Å². The third-order valence-corrected chi connectivity index (χ3v) is 12.5. The van der Waals surface area contributed by atoms with Crippen LogP contribution < -0.4 is 10.6 Å². The van der Waals surface area contributed by atoms with Crippen LogP contribution in [0.25, 0.3) is 33.5 Å². The Kier molecular flexibility index (Phi) is 13.3. The molecule has 332 valence electrons. The highest BCUT2D eigenvalue weighted by Crippen LogP contribution is 2.41. The summed E-state index contributed by atoms with van der Waals surface area (Å²) in [7, 11) is 1.61. The number of alkyl halides is 4. The molecule has 61 heavy (non-hydrogen) atoms. The molecule has 4 aromatic rings. The number of amides is 3. The number of imidazole rings is 1. The molecule has 0 spiro atoms. The van der Waals surface area contributed by atoms with Crippen LogP contribution in [-0.4, -0.2) is 104 Å². The van der Waals surface area contributed by atoms with Crippen molar-refractivity contribution in [3.05, 3.63) is 53.6 Å². The number of carbonyl (C=O) groups excluding carboxylic acids is 4. The molecule has 2 aromatic heterocycles. The summed E-state index contributed by atoms with van der Waals surface area (Å²) in [6, 6.07) is 3.76. The van der Waals surface area contributed by atoms with Crippen LogP contribution in [0.3, 0.4) is 0 Å². The lowest BCUT2D eigenvalue weighted by molar-refractivity contribution is -0.140. The summed E-state index contributed by atoms with van der Waals surface area (Å²) in [5.74, 6) is -11.4. The Morgan fingerprint density at radius 1 is 0.869 bits per heavy atom. The summed E-state index contributed by atoms with van der Waals surface area (Å²) in [4.78, 5) is 64.1. The van der Waals surface area contributed by atoms with Crippen LogP contribution in [0, 0.1) is 29.4 Å². The average Bonchev–Trinajstić information content (AvgIpc) is 3.92. The molecular formula is C44H55F6N7O4. The molecule has 2 aliphatic heterocycles. The van der Waals surface area contributed by atoms with Crippen molar-refractivity contribution in [1.82, 2.24) is 35.0 Å². The monoisotopic (exact) mass is 859 g/mol. The molecule has 0 radical (unpaired) electrons. The molecular weight excluding hydrogens is 805 g/mol. The molecule has 0 saturated carbocycles. The minimum Gasteiger partial charge on any atom is -0.352 e. The van der Waals surface area contributed by atoms with E-state index < -0.39 is 103 Å². The topological polar surface area (TPSA) is 132 Å². The molecule has 17 heteroatoms. The van der Waals surface area contributed by atoms with Crippen molar-refractivity contribution < 1.29 is 45.5 Å². The Morgan fingerprint density at radius 2 is 1.49 bits per heavy atom. The molecule has 3 N–H and O–H groups in total. The first-order chi connectivity index (χ1) is 28.7. The summed E-state index contributed by atoms with van der Waals surface area (Å²) in [5.41, 5.74) is 1.28. The van der Waals surface area contributed by atoms with Gasteiger partial charge in [0.2, 0.25) is 17.7 Å². The number of aromatic nitrogens is 3. The molecule has 6 rings (SSSR count). The summed E-state index contributed by atoms with van der Waals surface area (Å²) in [6.45, 7) is 8.25. The summed E-state index contributed by atoms with van der Waals surface area (Å²) < 4.78 is 92.9. The van der Waals surface area contributed by atoms with E-state index in [1.54, 1.807) is 46.2 Å². The van der Waals surface area contributed by atoms with E-state index in [1.165, 1.54) is 30.3 Å². The van der Waals surface area contributed by atoms with Gasteiger partial charge in [0.05, 0.1) is 41.9 Å². The predicted molar refractivity (Wildman–Crippen MR) is 219 cm³/mol. The second kappa shape index (κ2) is 17.8. The Bertz CT molecular complexity index is 2290. The summed E-state index contributed by atoms with van der Waals surface area (Å²) in [5, 5.41) is 6.03. The van der Waals surface area contributed by atoms with E-state index in [2.05, 4.69) is 15.6 Å². The van der Waals surface area contributed by atoms with Gasteiger partial charge >= 0.3 is 0 Å². The second-order valence-corrected chi connectivity index (χ2v) is 17.2. The van der Waals surface area contributed by atoms with Gasteiger partial charge in [-0.2, -0.15) is 0 Å². The minimum atomic E-state index is -3.30. The molecule has 0 aliphatic carbocycles. The SMILES string of the molecule is CCC(C)C(=O)NC(C(=O)N1CC(F)(F)CC1Cn1c(-c2[nH]c3cc(F)ccc3c2CC2CC(F)(F)CN2C(=O)C(CC)CC(=O)C(C)NC)nc2cc(F)ccc21)C(C)C. The maximum Gasteiger partial charge on any atom is 0.267 e. The normalized spacial score (nSPS) is 20.7. The minimum absolute atomic E-state index is 0.0843. The van der Waals surface area contributed by atoms with Crippen LogP contribution >= 0.6 is 0 Å². The highest BCUT2D eigenvalue weighted by molar-refractivity contribution is 5.93. The van der Waals surface area contributed by atoms with E-state index in [0.29, 0.717) is 22.9 Å². The fraction of sp³-hybridized carbons (Fsp3) is 0.568. The van der Waals surface area contributed by atoms with E-state index >= 15 is 17.6 Å². The van der Waals surface area contributed by atoms with Crippen molar-refractivity contribution in [2.45, 2.75) is 123 Å². The molecule has 4 heterocycles. The molecule has 2 aromatic carbocycles. The highest BCUT2D eigenvalue weighted by Gasteiger charge is 2.50. The Balaban J connectivity index is 1.44. The number of halogens is 6. The number of Topliss-reactive ketones (excluding diaryl/α,β-unsaturated/α-hetero) is 1. The van der Waals surface area contributed by atoms with E-state index in [1.807, 2.05) is 6.92 Å². The van der Waals surface area contributed by atoms with Crippen molar-refractivity contribution >= 4 is 45.4 Å². The van der Waals surface area contributed by atoms with Gasteiger partial charge in [-0.15, -0.1) is 0 Å². The van der Waals surface area contributed by atoms with Gasteiger partial charge in [-0.25, -0.2) is 31.3 Å². The number of nitrogens with one attached hydrogen (secondary N) is 3. The van der Waals surface area contributed by atoms with Gasteiger partial charge in [0.1, 0.15) is 23.5 Å². The number of rotatable bonds is 16. The van der Waals surface area contributed by atoms with E-state index in [0.717, 1.165) is 15.9 Å². The Labute approximate surface area is 351 Å². The standard InChI is InChI=1S/C44H55F6N7O4/c1-8-24(5)40(59)54-37(23(3)4)42(61)57-22-44(49,50)19-30(57)20-55-35-13-11-28(46)16-34(35)53-39(55)38-32(31-12-10-27(45)15-33(31)52-38)17-29-18-43(47,48)21-56(29)41(60)26(9-2)14-36(58)25(6)51-7/h10-13,15-16,23-26,29-30,37,51-52H,8-9,14,17-22H2,1-7H3,(H,54,59). The lowest BCUT2D eigenvalue weighted by atomic mass is 9.94. The van der Waals surface area contributed by atoms with Crippen LogP contribution in [0.1, 0.15) is 79.2 Å². The smallest absolute Gasteiger partial charge is 0.267 e. The first-order valence-electron chi connectivity index (χ1n) is 21.0. The number of ketones is 1. The number of H-pyrrole nitrogens is 1. The molecule has 0 bridgehead atoms. The van der Waals surface area contributed by atoms with Crippen LogP contribution in [0.15, 0.2) is 36.4 Å². The lowest BCUT2D eigenvalue weighted by Gasteiger charge is -2.31. The molecule has 6 atom stereocenters. The van der Waals surface area contributed by atoms with Gasteiger partial charge in [-0.3, -0.25) is 19.2 Å². The van der Waals surface area contributed by atoms with E-state index in [4.69, 9.17) is 4.98 Å². The number of nitrogens with zero attached hydrogens (tertiary/aromatic N) is 4. The van der Waals surface area contributed by atoms with Crippen LogP contribution in [0.5, 0.6) is 0 Å². The number of hydrogen-bond donors (Lipinski definition) is 3. The number of benzene rings is 2. The molecule has 2 aliphatic rings. The third-order valence-electron chi connectivity index (χ3n) is 12.5. The van der Waals surface area contributed by atoms with Gasteiger partial charge < -0.3 is 30.0 Å². The van der Waals surface area contributed by atoms with Gasteiger partial charge in [0.25, 0.3) is 11.8 Å². The number of aromatic amines is 1. The largest absolute Gasteiger partial charge is 0.352 e. The second-order valence-electron chi connectivity index (χ2n) is 17.2. The van der Waals surface area contributed by atoms with E-state index in [-0.39, 0.29) is 60.0 Å². The van der Waals surface area contributed by atoms with Crippen LogP contribution in [-0.2, 0) is 32.1 Å². The number of fused-ring (bicyclic) bond motifs is 2. The van der Waals surface area contributed by atoms with Gasteiger partial charge in [-0.1, -0.05) is 34.6 Å². The number of hydrogen-bond acceptors (Lipinski definition) is 6. The molecule has 3 amide bonds. The van der Waals surface area contributed by atoms with Crippen LogP contribution in [0.4, 0.5) is 26.3 Å². The average molecular weight is 860 g/mol. The first kappa shape index (κ1) is 45.6. The van der Waals surface area contributed by atoms with E-state index in [9.17, 15) is 28.0 Å². The third kappa shape index (κ3) is 9.61. The van der Waals surface area contributed by atoms with Crippen molar-refractivity contribution in [2.75, 3.05) is 20.1 Å². The molecule has 6 unspecified atom stereocenters. The molecule has 11 nitrogen and oxygen atoms in total. The van der Waals surface area contributed by atoms with Gasteiger partial charge in [0.15, 0.2) is 5.82 Å². The quantitative estimate of drug-likeness (QED) is 0.102. The number of likely N-dealkylation sites (tertiary alicyclic amines) is 2. The fourth-order valence-corrected chi connectivity index (χ4v) is 8.61. The number of likely N-dealkylation sites (N-methyl/N-ethyl adjacent to an activating group) is 1.